The molecule has 0 aliphatic heterocycles. The Labute approximate surface area is 144 Å². The highest BCUT2D eigenvalue weighted by molar-refractivity contribution is 6.08. The quantitative estimate of drug-likeness (QED) is 0.500. The zero-order valence-corrected chi connectivity index (χ0v) is 14.0. The fraction of sp³-hybridized carbons (Fsp3) is 0.167. The second-order valence-electron chi connectivity index (χ2n) is 5.85. The monoisotopic (exact) mass is 339 g/mol. The van der Waals surface area contributed by atoms with E-state index in [1.165, 1.54) is 6.92 Å². The van der Waals surface area contributed by atoms with Crippen molar-refractivity contribution in [3.05, 3.63) is 49.1 Å². The van der Waals surface area contributed by atoms with Gasteiger partial charge in [-0.25, -0.2) is 9.13 Å². The Morgan fingerprint density at radius 3 is 2.64 bits per heavy atom. The van der Waals surface area contributed by atoms with E-state index in [9.17, 15) is 14.7 Å². The molecule has 2 amide bonds. The Morgan fingerprint density at radius 1 is 1.16 bits per heavy atom. The van der Waals surface area contributed by atoms with Gasteiger partial charge in [0.1, 0.15) is 18.1 Å². The molecule has 0 saturated heterocycles. The van der Waals surface area contributed by atoms with Crippen LogP contribution in [0, 0.1) is 0 Å². The van der Waals surface area contributed by atoms with E-state index in [2.05, 4.69) is 10.6 Å². The van der Waals surface area contributed by atoms with Crippen molar-refractivity contribution in [1.29, 1.82) is 0 Å². The summed E-state index contributed by atoms with van der Waals surface area (Å²) in [5.74, 6) is -0.571. The molecule has 1 aromatic heterocycles. The predicted octanol–water partition coefficient (Wildman–Crippen LogP) is 1.77. The maximum atomic E-state index is 12.2. The van der Waals surface area contributed by atoms with Gasteiger partial charge in [-0.1, -0.05) is 18.2 Å². The number of rotatable bonds is 4. The van der Waals surface area contributed by atoms with Crippen molar-refractivity contribution in [2.75, 3.05) is 10.6 Å². The number of hydrogen-bond donors (Lipinski definition) is 3. The Morgan fingerprint density at radius 2 is 1.96 bits per heavy atom. The number of aromatic hydroxyl groups is 1. The smallest absolute Gasteiger partial charge is 0.266 e. The molecule has 0 fully saturated rings. The highest BCUT2D eigenvalue weighted by atomic mass is 16.3. The molecule has 0 radical (unpaired) electrons. The summed E-state index contributed by atoms with van der Waals surface area (Å²) < 4.78 is 3.57. The first kappa shape index (κ1) is 16.5. The average Bonchev–Trinajstić information content (AvgIpc) is 2.94. The molecule has 0 saturated carbocycles. The van der Waals surface area contributed by atoms with Gasteiger partial charge in [0.25, 0.3) is 5.91 Å². The summed E-state index contributed by atoms with van der Waals surface area (Å²) in [5.41, 5.74) is 0.794. The van der Waals surface area contributed by atoms with Crippen molar-refractivity contribution in [3.8, 4) is 5.75 Å². The van der Waals surface area contributed by atoms with Gasteiger partial charge in [-0.3, -0.25) is 9.59 Å². The highest BCUT2D eigenvalue weighted by Gasteiger charge is 2.15. The molecule has 0 unspecified atom stereocenters. The largest absolute Gasteiger partial charge is 0.505 e. The van der Waals surface area contributed by atoms with E-state index in [4.69, 9.17) is 0 Å². The molecule has 3 aromatic rings. The van der Waals surface area contributed by atoms with Crippen molar-refractivity contribution < 1.29 is 19.3 Å². The number of amides is 2. The van der Waals surface area contributed by atoms with Gasteiger partial charge in [0.15, 0.2) is 6.54 Å². The molecule has 0 bridgehead atoms. The van der Waals surface area contributed by atoms with E-state index in [0.29, 0.717) is 16.8 Å². The van der Waals surface area contributed by atoms with Gasteiger partial charge in [-0.15, -0.1) is 0 Å². The van der Waals surface area contributed by atoms with Crippen LogP contribution in [0.3, 0.4) is 0 Å². The number of carbonyl (C=O) groups is 2. The minimum absolute atomic E-state index is 0.0757. The predicted molar refractivity (Wildman–Crippen MR) is 94.2 cm³/mol. The number of anilines is 2. The molecular formula is C18H19N4O3+. The first-order valence-corrected chi connectivity index (χ1v) is 7.77. The molecule has 0 aliphatic rings. The Balaban J connectivity index is 1.90. The summed E-state index contributed by atoms with van der Waals surface area (Å²) in [6, 6.07) is 8.74. The number of hydrogen-bond acceptors (Lipinski definition) is 3. The maximum Gasteiger partial charge on any atom is 0.266 e. The van der Waals surface area contributed by atoms with Crippen LogP contribution in [-0.4, -0.2) is 21.5 Å². The number of aromatic nitrogens is 2. The van der Waals surface area contributed by atoms with Gasteiger partial charge in [0.05, 0.1) is 18.4 Å². The lowest BCUT2D eigenvalue weighted by atomic mass is 10.1. The minimum atomic E-state index is -0.261. The Hall–Kier alpha value is -3.35. The fourth-order valence-corrected chi connectivity index (χ4v) is 2.71. The number of nitrogens with one attached hydrogen (secondary N) is 2. The Kier molecular flexibility index (Phi) is 4.38. The second kappa shape index (κ2) is 6.64. The number of imidazole rings is 1. The van der Waals surface area contributed by atoms with Gasteiger partial charge in [-0.05, 0) is 17.5 Å². The normalized spacial score (nSPS) is 10.6. The number of carbonyl (C=O) groups excluding carboxylic acids is 2. The molecular weight excluding hydrogens is 320 g/mol. The van der Waals surface area contributed by atoms with Crippen LogP contribution >= 0.6 is 0 Å². The van der Waals surface area contributed by atoms with Gasteiger partial charge in [-0.2, -0.15) is 0 Å². The second-order valence-corrected chi connectivity index (χ2v) is 5.85. The molecule has 7 heteroatoms. The lowest BCUT2D eigenvalue weighted by Gasteiger charge is -2.12. The molecule has 3 N–H and O–H groups in total. The van der Waals surface area contributed by atoms with Crippen LogP contribution in [0.1, 0.15) is 6.92 Å². The van der Waals surface area contributed by atoms with Crippen LogP contribution < -0.4 is 15.2 Å². The topological polar surface area (TPSA) is 87.2 Å². The molecule has 1 heterocycles. The molecule has 7 nitrogen and oxygen atoms in total. The fourth-order valence-electron chi connectivity index (χ4n) is 2.71. The SMILES string of the molecule is CC(=O)Nc1cccc2ccc(NC(=O)Cn3cc[n+](C)c3)c(O)c12. The van der Waals surface area contributed by atoms with Crippen molar-refractivity contribution in [1.82, 2.24) is 4.57 Å². The van der Waals surface area contributed by atoms with Crippen LogP contribution in [0.2, 0.25) is 0 Å². The molecule has 0 atom stereocenters. The van der Waals surface area contributed by atoms with Crippen molar-refractivity contribution in [2.24, 2.45) is 7.05 Å². The summed E-state index contributed by atoms with van der Waals surface area (Å²) in [6.07, 6.45) is 5.41. The number of nitrogens with zero attached hydrogens (tertiary/aromatic N) is 2. The average molecular weight is 339 g/mol. The molecule has 0 spiro atoms. The third-order valence-electron chi connectivity index (χ3n) is 3.75. The summed E-state index contributed by atoms with van der Waals surface area (Å²) in [5, 5.41) is 17.2. The molecule has 25 heavy (non-hydrogen) atoms. The molecule has 3 rings (SSSR count). The number of phenolic OH excluding ortho intramolecular Hbond substituents is 1. The van der Waals surface area contributed by atoms with Crippen LogP contribution in [0.25, 0.3) is 10.8 Å². The summed E-state index contributed by atoms with van der Waals surface area (Å²) >= 11 is 0. The number of phenols is 1. The lowest BCUT2D eigenvalue weighted by molar-refractivity contribution is -0.671. The van der Waals surface area contributed by atoms with Crippen molar-refractivity contribution in [3.63, 3.8) is 0 Å². The van der Waals surface area contributed by atoms with E-state index < -0.39 is 0 Å². The molecule has 128 valence electrons. The summed E-state index contributed by atoms with van der Waals surface area (Å²) in [7, 11) is 1.87. The van der Waals surface area contributed by atoms with Gasteiger partial charge < -0.3 is 15.7 Å². The van der Waals surface area contributed by atoms with Gasteiger partial charge in [0, 0.05) is 12.3 Å². The zero-order valence-electron chi connectivity index (χ0n) is 14.0. The standard InChI is InChI=1S/C18H18N4O3/c1-12(23)19-14-5-3-4-13-6-7-15(18(25)17(13)14)20-16(24)10-22-9-8-21(2)11-22/h3-9,11H,10H2,1-2H3,(H2-,19,20,23,24,25)/p+1. The summed E-state index contributed by atoms with van der Waals surface area (Å²) in [6.45, 7) is 1.53. The zero-order chi connectivity index (χ0) is 18.0. The van der Waals surface area contributed by atoms with Crippen molar-refractivity contribution >= 4 is 34.0 Å². The van der Waals surface area contributed by atoms with E-state index in [1.54, 1.807) is 41.4 Å². The van der Waals surface area contributed by atoms with Crippen LogP contribution in [0.5, 0.6) is 5.75 Å². The van der Waals surface area contributed by atoms with E-state index in [0.717, 1.165) is 5.39 Å². The number of fused-ring (bicyclic) bond motifs is 1. The minimum Gasteiger partial charge on any atom is -0.505 e. The lowest BCUT2D eigenvalue weighted by Crippen LogP contribution is -2.25. The van der Waals surface area contributed by atoms with Crippen LogP contribution in [-0.2, 0) is 23.2 Å². The highest BCUT2D eigenvalue weighted by Crippen LogP contribution is 2.37. The number of benzene rings is 2. The van der Waals surface area contributed by atoms with E-state index in [1.807, 2.05) is 23.9 Å². The molecule has 2 aromatic carbocycles. The van der Waals surface area contributed by atoms with Crippen LogP contribution in [0.15, 0.2) is 49.1 Å². The van der Waals surface area contributed by atoms with Gasteiger partial charge >= 0.3 is 0 Å². The first-order valence-electron chi connectivity index (χ1n) is 7.77. The van der Waals surface area contributed by atoms with Gasteiger partial charge in [0.2, 0.25) is 12.2 Å². The van der Waals surface area contributed by atoms with E-state index in [-0.39, 0.29) is 24.1 Å². The Bertz CT molecular complexity index is 962. The third kappa shape index (κ3) is 3.60. The first-order chi connectivity index (χ1) is 11.9. The van der Waals surface area contributed by atoms with E-state index >= 15 is 0 Å². The number of aryl methyl sites for hydroxylation is 1. The summed E-state index contributed by atoms with van der Waals surface area (Å²) in [4.78, 5) is 23.6. The third-order valence-corrected chi connectivity index (χ3v) is 3.75. The van der Waals surface area contributed by atoms with Crippen molar-refractivity contribution in [2.45, 2.75) is 13.5 Å². The van der Waals surface area contributed by atoms with Crippen LogP contribution in [0.4, 0.5) is 11.4 Å². The maximum absolute atomic E-state index is 12.2. The molecule has 0 aliphatic carbocycles.